The van der Waals surface area contributed by atoms with Crippen molar-refractivity contribution in [3.05, 3.63) is 38.8 Å². The van der Waals surface area contributed by atoms with Gasteiger partial charge in [0.25, 0.3) is 0 Å². The van der Waals surface area contributed by atoms with Gasteiger partial charge in [-0.05, 0) is 49.8 Å². The Morgan fingerprint density at radius 3 is 2.59 bits per heavy atom. The lowest BCUT2D eigenvalue weighted by Crippen LogP contribution is -2.14. The summed E-state index contributed by atoms with van der Waals surface area (Å²) in [5, 5.41) is 6.54. The Labute approximate surface area is 106 Å². The largest absolute Gasteiger partial charge is 0.324 e. The van der Waals surface area contributed by atoms with Gasteiger partial charge in [-0.2, -0.15) is 5.10 Å². The number of aromatic nitrogens is 2. The molecule has 17 heavy (non-hydrogen) atoms. The first kappa shape index (κ1) is 12.3. The van der Waals surface area contributed by atoms with Crippen LogP contribution >= 0.6 is 11.3 Å². The Kier molecular flexibility index (Phi) is 3.35. The summed E-state index contributed by atoms with van der Waals surface area (Å²) >= 11 is 1.76. The summed E-state index contributed by atoms with van der Waals surface area (Å²) in [6.07, 6.45) is 0.864. The lowest BCUT2D eigenvalue weighted by molar-refractivity contribution is 0.706. The highest BCUT2D eigenvalue weighted by molar-refractivity contribution is 7.10. The average molecular weight is 249 g/mol. The summed E-state index contributed by atoms with van der Waals surface area (Å²) in [4.78, 5) is 1.32. The van der Waals surface area contributed by atoms with Crippen molar-refractivity contribution >= 4 is 11.3 Å². The molecule has 0 spiro atoms. The molecule has 0 radical (unpaired) electrons. The molecule has 3 nitrogen and oxygen atoms in total. The molecule has 4 heteroatoms. The summed E-state index contributed by atoms with van der Waals surface area (Å²) in [7, 11) is 1.98. The third-order valence-electron chi connectivity index (χ3n) is 3.38. The van der Waals surface area contributed by atoms with Crippen LogP contribution in [0.4, 0.5) is 0 Å². The third kappa shape index (κ3) is 2.28. The average Bonchev–Trinajstić information content (AvgIpc) is 2.78. The van der Waals surface area contributed by atoms with Crippen LogP contribution < -0.4 is 5.73 Å². The number of aryl methyl sites for hydroxylation is 3. The van der Waals surface area contributed by atoms with E-state index in [4.69, 9.17) is 5.73 Å². The van der Waals surface area contributed by atoms with Crippen molar-refractivity contribution in [2.24, 2.45) is 12.8 Å². The van der Waals surface area contributed by atoms with Crippen LogP contribution in [0.1, 0.15) is 33.4 Å². The second kappa shape index (κ2) is 4.63. The molecule has 2 aromatic heterocycles. The zero-order valence-electron chi connectivity index (χ0n) is 10.8. The highest BCUT2D eigenvalue weighted by Crippen LogP contribution is 2.25. The summed E-state index contributed by atoms with van der Waals surface area (Å²) in [6.45, 7) is 6.28. The van der Waals surface area contributed by atoms with Crippen LogP contribution in [0.5, 0.6) is 0 Å². The van der Waals surface area contributed by atoms with Crippen molar-refractivity contribution in [1.29, 1.82) is 0 Å². The summed E-state index contributed by atoms with van der Waals surface area (Å²) in [5.74, 6) is 0. The van der Waals surface area contributed by atoms with E-state index in [1.165, 1.54) is 21.7 Å². The Hall–Kier alpha value is -1.13. The molecule has 0 aromatic carbocycles. The second-order valence-corrected chi connectivity index (χ2v) is 5.64. The van der Waals surface area contributed by atoms with E-state index in [0.29, 0.717) is 0 Å². The normalized spacial score (nSPS) is 13.0. The monoisotopic (exact) mass is 249 g/mol. The van der Waals surface area contributed by atoms with Crippen LogP contribution in [0.2, 0.25) is 0 Å². The molecule has 0 saturated carbocycles. The van der Waals surface area contributed by atoms with E-state index in [-0.39, 0.29) is 6.04 Å². The van der Waals surface area contributed by atoms with E-state index in [2.05, 4.69) is 37.3 Å². The molecule has 2 aromatic rings. The summed E-state index contributed by atoms with van der Waals surface area (Å²) in [6, 6.07) is 2.20. The summed E-state index contributed by atoms with van der Waals surface area (Å²) < 4.78 is 1.93. The maximum atomic E-state index is 6.29. The van der Waals surface area contributed by atoms with Crippen molar-refractivity contribution in [2.45, 2.75) is 33.2 Å². The molecule has 0 fully saturated rings. The molecule has 0 amide bonds. The van der Waals surface area contributed by atoms with Crippen molar-refractivity contribution in [3.63, 3.8) is 0 Å². The molecule has 2 rings (SSSR count). The molecule has 2 N–H and O–H groups in total. The zero-order valence-corrected chi connectivity index (χ0v) is 11.6. The minimum atomic E-state index is 0.0721. The number of rotatable bonds is 3. The predicted molar refractivity (Wildman–Crippen MR) is 72.4 cm³/mol. The quantitative estimate of drug-likeness (QED) is 0.909. The van der Waals surface area contributed by atoms with Crippen LogP contribution in [0.3, 0.4) is 0 Å². The Balaban J connectivity index is 2.24. The molecular weight excluding hydrogens is 230 g/mol. The minimum Gasteiger partial charge on any atom is -0.324 e. The minimum absolute atomic E-state index is 0.0721. The Bertz CT molecular complexity index is 525. The molecule has 0 bridgehead atoms. The van der Waals surface area contributed by atoms with E-state index >= 15 is 0 Å². The van der Waals surface area contributed by atoms with Gasteiger partial charge in [0.05, 0.1) is 5.69 Å². The van der Waals surface area contributed by atoms with Crippen molar-refractivity contribution in [2.75, 3.05) is 0 Å². The van der Waals surface area contributed by atoms with Gasteiger partial charge in [-0.3, -0.25) is 4.68 Å². The van der Waals surface area contributed by atoms with E-state index in [1.807, 2.05) is 11.7 Å². The lowest BCUT2D eigenvalue weighted by atomic mass is 9.99. The standard InChI is InChI=1S/C13H19N3S/c1-8-12(9(2)16(4)15-8)7-13(14)11-5-6-17-10(11)3/h5-6,13H,7,14H2,1-4H3. The van der Waals surface area contributed by atoms with E-state index in [1.54, 1.807) is 11.3 Å². The number of hydrogen-bond donors (Lipinski definition) is 1. The first-order chi connectivity index (χ1) is 8.00. The highest BCUT2D eigenvalue weighted by atomic mass is 32.1. The van der Waals surface area contributed by atoms with E-state index in [9.17, 15) is 0 Å². The maximum absolute atomic E-state index is 6.29. The SMILES string of the molecule is Cc1nn(C)c(C)c1CC(N)c1ccsc1C. The summed E-state index contributed by atoms with van der Waals surface area (Å²) in [5.41, 5.74) is 11.1. The van der Waals surface area contributed by atoms with E-state index in [0.717, 1.165) is 12.1 Å². The third-order valence-corrected chi connectivity index (χ3v) is 4.24. The Morgan fingerprint density at radius 2 is 2.12 bits per heavy atom. The first-order valence-electron chi connectivity index (χ1n) is 5.79. The van der Waals surface area contributed by atoms with Gasteiger partial charge in [0.1, 0.15) is 0 Å². The maximum Gasteiger partial charge on any atom is 0.0629 e. The predicted octanol–water partition coefficient (Wildman–Crippen LogP) is 2.65. The lowest BCUT2D eigenvalue weighted by Gasteiger charge is -2.12. The van der Waals surface area contributed by atoms with Crippen molar-refractivity contribution in [3.8, 4) is 0 Å². The van der Waals surface area contributed by atoms with Gasteiger partial charge in [-0.25, -0.2) is 0 Å². The molecule has 2 heterocycles. The molecule has 1 unspecified atom stereocenters. The molecule has 0 aliphatic carbocycles. The fraction of sp³-hybridized carbons (Fsp3) is 0.462. The van der Waals surface area contributed by atoms with Crippen molar-refractivity contribution < 1.29 is 0 Å². The smallest absolute Gasteiger partial charge is 0.0629 e. The van der Waals surface area contributed by atoms with E-state index < -0.39 is 0 Å². The Morgan fingerprint density at radius 1 is 1.41 bits per heavy atom. The van der Waals surface area contributed by atoms with Gasteiger partial charge < -0.3 is 5.73 Å². The van der Waals surface area contributed by atoms with Gasteiger partial charge in [0.15, 0.2) is 0 Å². The molecule has 1 atom stereocenters. The molecule has 92 valence electrons. The van der Waals surface area contributed by atoms with Crippen LogP contribution in [-0.4, -0.2) is 9.78 Å². The van der Waals surface area contributed by atoms with Gasteiger partial charge in [-0.1, -0.05) is 0 Å². The fourth-order valence-electron chi connectivity index (χ4n) is 2.22. The number of nitrogens with two attached hydrogens (primary N) is 1. The zero-order chi connectivity index (χ0) is 12.6. The van der Waals surface area contributed by atoms with Crippen LogP contribution in [0.25, 0.3) is 0 Å². The molecule has 0 saturated heterocycles. The van der Waals surface area contributed by atoms with Crippen LogP contribution in [0.15, 0.2) is 11.4 Å². The molecular formula is C13H19N3S. The van der Waals surface area contributed by atoms with Gasteiger partial charge in [0.2, 0.25) is 0 Å². The second-order valence-electron chi connectivity index (χ2n) is 4.52. The van der Waals surface area contributed by atoms with Crippen molar-refractivity contribution in [1.82, 2.24) is 9.78 Å². The van der Waals surface area contributed by atoms with Gasteiger partial charge >= 0.3 is 0 Å². The molecule has 0 aliphatic rings. The topological polar surface area (TPSA) is 43.8 Å². The fourth-order valence-corrected chi connectivity index (χ4v) is 3.00. The number of thiophene rings is 1. The van der Waals surface area contributed by atoms with Gasteiger partial charge in [-0.15, -0.1) is 11.3 Å². The number of nitrogens with zero attached hydrogens (tertiary/aromatic N) is 2. The van der Waals surface area contributed by atoms with Crippen LogP contribution in [0, 0.1) is 20.8 Å². The highest BCUT2D eigenvalue weighted by Gasteiger charge is 2.16. The molecule has 0 aliphatic heterocycles. The first-order valence-corrected chi connectivity index (χ1v) is 6.67. The van der Waals surface area contributed by atoms with Crippen LogP contribution in [-0.2, 0) is 13.5 Å². The number of hydrogen-bond acceptors (Lipinski definition) is 3. The van der Waals surface area contributed by atoms with Gasteiger partial charge in [0, 0.05) is 23.7 Å².